The van der Waals surface area contributed by atoms with Crippen LogP contribution in [0, 0.1) is 5.92 Å². The summed E-state index contributed by atoms with van der Waals surface area (Å²) in [5.41, 5.74) is 0. The molecule has 1 N–H and O–H groups in total. The quantitative estimate of drug-likeness (QED) is 0.879. The highest BCUT2D eigenvalue weighted by Crippen LogP contribution is 2.25. The molecule has 7 heteroatoms. The lowest BCUT2D eigenvalue weighted by Gasteiger charge is -2.31. The molecule has 0 saturated carbocycles. The lowest BCUT2D eigenvalue weighted by Crippen LogP contribution is -2.46. The van der Waals surface area contributed by atoms with Crippen molar-refractivity contribution in [3.8, 4) is 0 Å². The number of rotatable bonds is 5. The Labute approximate surface area is 143 Å². The van der Waals surface area contributed by atoms with Crippen molar-refractivity contribution in [2.24, 2.45) is 5.92 Å². The number of nitrogens with one attached hydrogen (secondary N) is 1. The first-order chi connectivity index (χ1) is 10.8. The van der Waals surface area contributed by atoms with Crippen molar-refractivity contribution in [1.82, 2.24) is 9.62 Å². The number of carbonyl (C=O) groups excluding carboxylic acids is 1. The molecule has 128 valence electrons. The SMILES string of the molecule is CCC(C)NC(=O)C1CCCN(S(=O)(=O)c2ccc(Cl)cc2)C1. The largest absolute Gasteiger partial charge is 0.353 e. The molecule has 0 radical (unpaired) electrons. The summed E-state index contributed by atoms with van der Waals surface area (Å²) in [5, 5.41) is 3.43. The van der Waals surface area contributed by atoms with Gasteiger partial charge in [0.05, 0.1) is 10.8 Å². The summed E-state index contributed by atoms with van der Waals surface area (Å²) >= 11 is 5.81. The van der Waals surface area contributed by atoms with Crippen molar-refractivity contribution in [1.29, 1.82) is 0 Å². The number of halogens is 1. The molecule has 0 aromatic heterocycles. The van der Waals surface area contributed by atoms with E-state index in [1.165, 1.54) is 16.4 Å². The van der Waals surface area contributed by atoms with Gasteiger partial charge >= 0.3 is 0 Å². The summed E-state index contributed by atoms with van der Waals surface area (Å²) in [6, 6.07) is 6.23. The summed E-state index contributed by atoms with van der Waals surface area (Å²) in [4.78, 5) is 12.5. The molecular weight excluding hydrogens is 336 g/mol. The average Bonchev–Trinajstić information content (AvgIpc) is 2.55. The van der Waals surface area contributed by atoms with Crippen molar-refractivity contribution < 1.29 is 13.2 Å². The third kappa shape index (κ3) is 4.46. The fourth-order valence-electron chi connectivity index (χ4n) is 2.59. The van der Waals surface area contributed by atoms with E-state index >= 15 is 0 Å². The van der Waals surface area contributed by atoms with E-state index < -0.39 is 10.0 Å². The zero-order chi connectivity index (χ0) is 17.0. The van der Waals surface area contributed by atoms with Gasteiger partial charge < -0.3 is 5.32 Å². The third-order valence-corrected chi connectivity index (χ3v) is 6.34. The lowest BCUT2D eigenvalue weighted by molar-refractivity contribution is -0.126. The van der Waals surface area contributed by atoms with E-state index in [1.807, 2.05) is 13.8 Å². The summed E-state index contributed by atoms with van der Waals surface area (Å²) in [6.07, 6.45) is 2.26. The Balaban J connectivity index is 2.11. The molecule has 1 fully saturated rings. The smallest absolute Gasteiger partial charge is 0.243 e. The zero-order valence-corrected chi connectivity index (χ0v) is 15.0. The van der Waals surface area contributed by atoms with Crippen LogP contribution in [0.25, 0.3) is 0 Å². The second-order valence-corrected chi connectivity index (χ2v) is 8.35. The number of hydrogen-bond donors (Lipinski definition) is 1. The molecule has 0 bridgehead atoms. The average molecular weight is 359 g/mol. The van der Waals surface area contributed by atoms with Gasteiger partial charge in [-0.05, 0) is 50.5 Å². The highest BCUT2D eigenvalue weighted by molar-refractivity contribution is 7.89. The molecule has 1 heterocycles. The van der Waals surface area contributed by atoms with E-state index in [-0.39, 0.29) is 29.3 Å². The van der Waals surface area contributed by atoms with Gasteiger partial charge in [0.1, 0.15) is 0 Å². The second kappa shape index (κ2) is 7.64. The first kappa shape index (κ1) is 18.2. The fourth-order valence-corrected chi connectivity index (χ4v) is 4.24. The maximum absolute atomic E-state index is 12.7. The van der Waals surface area contributed by atoms with Crippen LogP contribution >= 0.6 is 11.6 Å². The Morgan fingerprint density at radius 1 is 1.39 bits per heavy atom. The van der Waals surface area contributed by atoms with Crippen LogP contribution in [0.4, 0.5) is 0 Å². The molecule has 2 rings (SSSR count). The molecule has 1 aliphatic heterocycles. The fraction of sp³-hybridized carbons (Fsp3) is 0.562. The van der Waals surface area contributed by atoms with Crippen LogP contribution in [0.3, 0.4) is 0 Å². The number of carbonyl (C=O) groups is 1. The van der Waals surface area contributed by atoms with Gasteiger partial charge in [-0.3, -0.25) is 4.79 Å². The lowest BCUT2D eigenvalue weighted by atomic mass is 9.98. The van der Waals surface area contributed by atoms with Crippen LogP contribution in [0.15, 0.2) is 29.2 Å². The van der Waals surface area contributed by atoms with Crippen LogP contribution in [0.2, 0.25) is 5.02 Å². The first-order valence-electron chi connectivity index (χ1n) is 7.90. The second-order valence-electron chi connectivity index (χ2n) is 5.97. The standard InChI is InChI=1S/C16H23ClN2O3S/c1-3-12(2)18-16(20)13-5-4-10-19(11-13)23(21,22)15-8-6-14(17)7-9-15/h6-9,12-13H,3-5,10-11H2,1-2H3,(H,18,20). The van der Waals surface area contributed by atoms with Gasteiger partial charge in [-0.25, -0.2) is 8.42 Å². The minimum absolute atomic E-state index is 0.0599. The number of sulfonamides is 1. The van der Waals surface area contributed by atoms with Crippen LogP contribution in [-0.2, 0) is 14.8 Å². The van der Waals surface area contributed by atoms with Crippen molar-refractivity contribution in [3.63, 3.8) is 0 Å². The summed E-state index contributed by atoms with van der Waals surface area (Å²) in [5.74, 6) is -0.352. The van der Waals surface area contributed by atoms with Crippen molar-refractivity contribution >= 4 is 27.5 Å². The minimum Gasteiger partial charge on any atom is -0.353 e. The summed E-state index contributed by atoms with van der Waals surface area (Å²) in [6.45, 7) is 4.62. The van der Waals surface area contributed by atoms with Crippen LogP contribution in [0.1, 0.15) is 33.1 Å². The number of nitrogens with zero attached hydrogens (tertiary/aromatic N) is 1. The first-order valence-corrected chi connectivity index (χ1v) is 9.72. The number of hydrogen-bond acceptors (Lipinski definition) is 3. The van der Waals surface area contributed by atoms with E-state index in [4.69, 9.17) is 11.6 Å². The normalized spacial score (nSPS) is 20.9. The predicted molar refractivity (Wildman–Crippen MR) is 90.8 cm³/mol. The van der Waals surface area contributed by atoms with Gasteiger partial charge in [0.25, 0.3) is 0 Å². The predicted octanol–water partition coefficient (Wildman–Crippen LogP) is 2.66. The van der Waals surface area contributed by atoms with Gasteiger partial charge in [0, 0.05) is 24.2 Å². The van der Waals surface area contributed by atoms with E-state index in [1.54, 1.807) is 12.1 Å². The van der Waals surface area contributed by atoms with Crippen molar-refractivity contribution in [2.45, 2.75) is 44.0 Å². The Bertz CT molecular complexity index is 646. The van der Waals surface area contributed by atoms with Gasteiger partial charge in [0.2, 0.25) is 15.9 Å². The van der Waals surface area contributed by atoms with E-state index in [0.717, 1.165) is 12.8 Å². The van der Waals surface area contributed by atoms with E-state index in [2.05, 4.69) is 5.32 Å². The maximum atomic E-state index is 12.7. The summed E-state index contributed by atoms with van der Waals surface area (Å²) < 4.78 is 26.8. The molecule has 1 saturated heterocycles. The molecule has 0 aliphatic carbocycles. The molecule has 0 spiro atoms. The van der Waals surface area contributed by atoms with Crippen LogP contribution in [0.5, 0.6) is 0 Å². The molecule has 2 atom stereocenters. The van der Waals surface area contributed by atoms with Crippen molar-refractivity contribution in [3.05, 3.63) is 29.3 Å². The summed E-state index contributed by atoms with van der Waals surface area (Å²) in [7, 11) is -3.58. The molecule has 23 heavy (non-hydrogen) atoms. The molecule has 2 unspecified atom stereocenters. The van der Waals surface area contributed by atoms with Gasteiger partial charge in [0.15, 0.2) is 0 Å². The number of benzene rings is 1. The molecule has 1 aliphatic rings. The van der Waals surface area contributed by atoms with E-state index in [9.17, 15) is 13.2 Å². The van der Waals surface area contributed by atoms with E-state index in [0.29, 0.717) is 18.0 Å². The third-order valence-electron chi connectivity index (χ3n) is 4.21. The monoisotopic (exact) mass is 358 g/mol. The van der Waals surface area contributed by atoms with Gasteiger partial charge in [-0.2, -0.15) is 4.31 Å². The van der Waals surface area contributed by atoms with Gasteiger partial charge in [-0.1, -0.05) is 18.5 Å². The highest BCUT2D eigenvalue weighted by Gasteiger charge is 2.33. The molecule has 1 aromatic rings. The van der Waals surface area contributed by atoms with Crippen LogP contribution < -0.4 is 5.32 Å². The maximum Gasteiger partial charge on any atom is 0.243 e. The Morgan fingerprint density at radius 3 is 2.65 bits per heavy atom. The molecule has 5 nitrogen and oxygen atoms in total. The Morgan fingerprint density at radius 2 is 2.04 bits per heavy atom. The number of piperidine rings is 1. The number of amides is 1. The molecule has 1 aromatic carbocycles. The van der Waals surface area contributed by atoms with Crippen LogP contribution in [-0.4, -0.2) is 37.8 Å². The topological polar surface area (TPSA) is 66.5 Å². The Hall–Kier alpha value is -1.11. The zero-order valence-electron chi connectivity index (χ0n) is 13.5. The van der Waals surface area contributed by atoms with Gasteiger partial charge in [-0.15, -0.1) is 0 Å². The minimum atomic E-state index is -3.58. The molecular formula is C16H23ClN2O3S. The van der Waals surface area contributed by atoms with Crippen molar-refractivity contribution in [2.75, 3.05) is 13.1 Å². The highest BCUT2D eigenvalue weighted by atomic mass is 35.5. The Kier molecular flexibility index (Phi) is 6.06. The molecule has 1 amide bonds.